The summed E-state index contributed by atoms with van der Waals surface area (Å²) >= 11 is 0. The summed E-state index contributed by atoms with van der Waals surface area (Å²) in [7, 11) is 0. The molecule has 1 aromatic carbocycles. The van der Waals surface area contributed by atoms with Crippen LogP contribution in [0.4, 0.5) is 0 Å². The van der Waals surface area contributed by atoms with Crippen molar-refractivity contribution in [2.45, 2.75) is 47.0 Å². The van der Waals surface area contributed by atoms with Crippen molar-refractivity contribution in [2.75, 3.05) is 0 Å². The third kappa shape index (κ3) is 5.61. The van der Waals surface area contributed by atoms with Gasteiger partial charge in [0.05, 0.1) is 0 Å². The molecule has 0 N–H and O–H groups in total. The Morgan fingerprint density at radius 2 is 1.67 bits per heavy atom. The van der Waals surface area contributed by atoms with Gasteiger partial charge in [0.25, 0.3) is 0 Å². The first-order valence-electron chi connectivity index (χ1n) is 6.01. The fourth-order valence-corrected chi connectivity index (χ4v) is 2.21. The number of rotatable bonds is 4. The predicted octanol–water partition coefficient (Wildman–Crippen LogP) is 4.69. The Morgan fingerprint density at radius 1 is 1.07 bits per heavy atom. The quantitative estimate of drug-likeness (QED) is 0.667. The highest BCUT2D eigenvalue weighted by molar-refractivity contribution is 5.14. The van der Waals surface area contributed by atoms with E-state index < -0.39 is 0 Å². The smallest absolute Gasteiger partial charge is 0.0276 e. The largest absolute Gasteiger partial charge is 0.0625 e. The topological polar surface area (TPSA) is 0 Å². The van der Waals surface area contributed by atoms with Gasteiger partial charge in [0.15, 0.2) is 0 Å². The van der Waals surface area contributed by atoms with Gasteiger partial charge in [0.1, 0.15) is 0 Å². The first kappa shape index (κ1) is 12.3. The van der Waals surface area contributed by atoms with Crippen LogP contribution in [0.2, 0.25) is 0 Å². The fourth-order valence-electron chi connectivity index (χ4n) is 2.21. The van der Waals surface area contributed by atoms with Crippen LogP contribution in [0.15, 0.2) is 30.3 Å². The zero-order valence-electron chi connectivity index (χ0n) is 10.6. The third-order valence-electron chi connectivity index (χ3n) is 2.73. The summed E-state index contributed by atoms with van der Waals surface area (Å²) in [5, 5.41) is 0. The summed E-state index contributed by atoms with van der Waals surface area (Å²) in [6, 6.07) is 10.8. The van der Waals surface area contributed by atoms with E-state index >= 15 is 0 Å². The van der Waals surface area contributed by atoms with Gasteiger partial charge >= 0.3 is 0 Å². The van der Waals surface area contributed by atoms with E-state index in [9.17, 15) is 0 Å². The molecule has 0 heteroatoms. The maximum atomic E-state index is 2.37. The molecule has 84 valence electrons. The Bertz CT molecular complexity index is 266. The first-order chi connectivity index (χ1) is 6.97. The minimum Gasteiger partial charge on any atom is -0.0625 e. The highest BCUT2D eigenvalue weighted by Crippen LogP contribution is 2.26. The molecule has 0 aliphatic heterocycles. The fraction of sp³-hybridized carbons (Fsp3) is 0.600. The Labute approximate surface area is 94.7 Å². The summed E-state index contributed by atoms with van der Waals surface area (Å²) in [6.45, 7) is 9.35. The van der Waals surface area contributed by atoms with Crippen molar-refractivity contribution in [3.8, 4) is 0 Å². The van der Waals surface area contributed by atoms with Crippen molar-refractivity contribution >= 4 is 0 Å². The number of benzene rings is 1. The molecule has 0 nitrogen and oxygen atoms in total. The number of aryl methyl sites for hydroxylation is 1. The van der Waals surface area contributed by atoms with Crippen LogP contribution in [0.25, 0.3) is 0 Å². The van der Waals surface area contributed by atoms with Gasteiger partial charge in [-0.2, -0.15) is 0 Å². The molecular weight excluding hydrogens is 180 g/mol. The molecule has 0 aliphatic carbocycles. The molecule has 1 atom stereocenters. The van der Waals surface area contributed by atoms with Crippen LogP contribution in [0.3, 0.4) is 0 Å². The summed E-state index contributed by atoms with van der Waals surface area (Å²) in [6.07, 6.45) is 3.85. The van der Waals surface area contributed by atoms with Crippen molar-refractivity contribution in [1.29, 1.82) is 0 Å². The molecule has 1 aromatic rings. The Morgan fingerprint density at radius 3 is 2.20 bits per heavy atom. The van der Waals surface area contributed by atoms with E-state index in [0.29, 0.717) is 5.41 Å². The lowest BCUT2D eigenvalue weighted by Crippen LogP contribution is -2.11. The molecule has 15 heavy (non-hydrogen) atoms. The van der Waals surface area contributed by atoms with Crippen molar-refractivity contribution in [2.24, 2.45) is 11.3 Å². The SMILES string of the molecule is CC(CCc1ccccc1)CC(C)(C)C. The summed E-state index contributed by atoms with van der Waals surface area (Å²) in [5.74, 6) is 0.824. The van der Waals surface area contributed by atoms with E-state index in [0.717, 1.165) is 5.92 Å². The molecule has 0 heterocycles. The Kier molecular flexibility index (Phi) is 4.38. The van der Waals surface area contributed by atoms with Gasteiger partial charge in [-0.1, -0.05) is 58.0 Å². The second kappa shape index (κ2) is 5.34. The highest BCUT2D eigenvalue weighted by atomic mass is 14.2. The lowest BCUT2D eigenvalue weighted by Gasteiger charge is -2.23. The van der Waals surface area contributed by atoms with Crippen LogP contribution in [0, 0.1) is 11.3 Å². The zero-order chi connectivity index (χ0) is 11.3. The molecule has 0 bridgehead atoms. The molecule has 0 aliphatic rings. The zero-order valence-corrected chi connectivity index (χ0v) is 10.6. The van der Waals surface area contributed by atoms with Crippen LogP contribution in [0.5, 0.6) is 0 Å². The summed E-state index contributed by atoms with van der Waals surface area (Å²) < 4.78 is 0. The second-order valence-corrected chi connectivity index (χ2v) is 5.89. The van der Waals surface area contributed by atoms with Gasteiger partial charge < -0.3 is 0 Å². The Hall–Kier alpha value is -0.780. The summed E-state index contributed by atoms with van der Waals surface area (Å²) in [5.41, 5.74) is 1.94. The van der Waals surface area contributed by atoms with Gasteiger partial charge in [0, 0.05) is 0 Å². The van der Waals surface area contributed by atoms with Gasteiger partial charge in [-0.05, 0) is 36.2 Å². The number of hydrogen-bond acceptors (Lipinski definition) is 0. The van der Waals surface area contributed by atoms with Crippen molar-refractivity contribution in [1.82, 2.24) is 0 Å². The first-order valence-corrected chi connectivity index (χ1v) is 6.01. The normalized spacial score (nSPS) is 13.9. The number of hydrogen-bond donors (Lipinski definition) is 0. The molecule has 1 rings (SSSR count). The van der Waals surface area contributed by atoms with Gasteiger partial charge in [-0.15, -0.1) is 0 Å². The molecule has 0 fully saturated rings. The van der Waals surface area contributed by atoms with E-state index in [4.69, 9.17) is 0 Å². The molecule has 0 amide bonds. The monoisotopic (exact) mass is 204 g/mol. The molecule has 1 unspecified atom stereocenters. The molecule has 0 aromatic heterocycles. The van der Waals surface area contributed by atoms with E-state index in [-0.39, 0.29) is 0 Å². The maximum Gasteiger partial charge on any atom is -0.0276 e. The highest BCUT2D eigenvalue weighted by Gasteiger charge is 2.14. The van der Waals surface area contributed by atoms with Crippen molar-refractivity contribution < 1.29 is 0 Å². The van der Waals surface area contributed by atoms with Crippen LogP contribution in [0.1, 0.15) is 46.1 Å². The van der Waals surface area contributed by atoms with Gasteiger partial charge in [-0.25, -0.2) is 0 Å². The average Bonchev–Trinajstić information content (AvgIpc) is 2.14. The maximum absolute atomic E-state index is 2.37. The van der Waals surface area contributed by atoms with E-state index in [1.165, 1.54) is 24.8 Å². The molecule has 0 saturated carbocycles. The van der Waals surface area contributed by atoms with Crippen LogP contribution in [-0.2, 0) is 6.42 Å². The molecular formula is C15H24. The van der Waals surface area contributed by atoms with E-state index in [1.54, 1.807) is 0 Å². The minimum absolute atomic E-state index is 0.468. The minimum atomic E-state index is 0.468. The third-order valence-corrected chi connectivity index (χ3v) is 2.73. The van der Waals surface area contributed by atoms with E-state index in [2.05, 4.69) is 58.0 Å². The Balaban J connectivity index is 2.32. The second-order valence-electron chi connectivity index (χ2n) is 5.89. The van der Waals surface area contributed by atoms with Crippen LogP contribution in [-0.4, -0.2) is 0 Å². The lowest BCUT2D eigenvalue weighted by molar-refractivity contribution is 0.297. The van der Waals surface area contributed by atoms with E-state index in [1.807, 2.05) is 0 Å². The van der Waals surface area contributed by atoms with Crippen molar-refractivity contribution in [3.63, 3.8) is 0 Å². The molecule has 0 radical (unpaired) electrons. The standard InChI is InChI=1S/C15H24/c1-13(12-15(2,3)4)10-11-14-8-6-5-7-9-14/h5-9,13H,10-12H2,1-4H3. The predicted molar refractivity (Wildman–Crippen MR) is 68.0 cm³/mol. The lowest BCUT2D eigenvalue weighted by atomic mass is 9.83. The van der Waals surface area contributed by atoms with Crippen LogP contribution >= 0.6 is 0 Å². The van der Waals surface area contributed by atoms with Gasteiger partial charge in [0.2, 0.25) is 0 Å². The van der Waals surface area contributed by atoms with Gasteiger partial charge in [-0.3, -0.25) is 0 Å². The van der Waals surface area contributed by atoms with Crippen LogP contribution < -0.4 is 0 Å². The summed E-state index contributed by atoms with van der Waals surface area (Å²) in [4.78, 5) is 0. The molecule has 0 spiro atoms. The molecule has 0 saturated heterocycles. The average molecular weight is 204 g/mol. The van der Waals surface area contributed by atoms with Crippen molar-refractivity contribution in [3.05, 3.63) is 35.9 Å².